The van der Waals surface area contributed by atoms with Crippen LogP contribution in [0, 0.1) is 5.92 Å². The van der Waals surface area contributed by atoms with E-state index in [0.717, 1.165) is 19.4 Å². The van der Waals surface area contributed by atoms with Crippen LogP contribution in [0.1, 0.15) is 60.3 Å². The van der Waals surface area contributed by atoms with Crippen molar-refractivity contribution < 1.29 is 9.84 Å². The molecule has 0 saturated heterocycles. The highest BCUT2D eigenvalue weighted by Gasteiger charge is 2.42. The highest BCUT2D eigenvalue weighted by atomic mass is 16.5. The summed E-state index contributed by atoms with van der Waals surface area (Å²) in [5, 5.41) is 13.4. The van der Waals surface area contributed by atoms with Gasteiger partial charge in [0, 0.05) is 18.2 Å². The van der Waals surface area contributed by atoms with Crippen molar-refractivity contribution in [1.82, 2.24) is 5.32 Å². The van der Waals surface area contributed by atoms with Crippen molar-refractivity contribution in [1.29, 1.82) is 0 Å². The molecule has 3 heteroatoms. The fourth-order valence-electron chi connectivity index (χ4n) is 3.09. The van der Waals surface area contributed by atoms with Crippen LogP contribution in [0.5, 0.6) is 0 Å². The average molecular weight is 257 g/mol. The molecule has 108 valence electrons. The number of aliphatic hydroxyl groups excluding tert-OH is 1. The van der Waals surface area contributed by atoms with Crippen LogP contribution in [0.3, 0.4) is 0 Å². The van der Waals surface area contributed by atoms with E-state index in [0.29, 0.717) is 12.0 Å². The molecule has 0 radical (unpaired) electrons. The van der Waals surface area contributed by atoms with Crippen LogP contribution in [-0.2, 0) is 4.74 Å². The fourth-order valence-corrected chi connectivity index (χ4v) is 3.09. The molecule has 2 N–H and O–H groups in total. The first kappa shape index (κ1) is 15.9. The Balaban J connectivity index is 2.52. The van der Waals surface area contributed by atoms with E-state index in [1.165, 1.54) is 12.8 Å². The Bertz CT molecular complexity index is 247. The second-order valence-electron chi connectivity index (χ2n) is 6.95. The molecule has 1 aliphatic rings. The zero-order chi connectivity index (χ0) is 13.8. The minimum atomic E-state index is -0.0740. The summed E-state index contributed by atoms with van der Waals surface area (Å²) in [5.74, 6) is 0.534. The molecule has 0 amide bonds. The van der Waals surface area contributed by atoms with E-state index in [1.54, 1.807) is 0 Å². The minimum absolute atomic E-state index is 0.0635. The van der Waals surface area contributed by atoms with Gasteiger partial charge in [0.1, 0.15) is 0 Å². The second kappa shape index (κ2) is 6.36. The first-order chi connectivity index (χ1) is 8.29. The number of aliphatic hydroxyl groups is 1. The van der Waals surface area contributed by atoms with E-state index in [9.17, 15) is 5.11 Å². The molecule has 1 saturated carbocycles. The smallest absolute Gasteiger partial charge is 0.0616 e. The molecule has 0 aromatic rings. The van der Waals surface area contributed by atoms with Gasteiger partial charge in [-0.05, 0) is 46.0 Å². The molecule has 0 bridgehead atoms. The summed E-state index contributed by atoms with van der Waals surface area (Å²) in [4.78, 5) is 0. The van der Waals surface area contributed by atoms with Crippen molar-refractivity contribution >= 4 is 0 Å². The first-order valence-electron chi connectivity index (χ1n) is 7.31. The van der Waals surface area contributed by atoms with Gasteiger partial charge in [-0.3, -0.25) is 0 Å². The van der Waals surface area contributed by atoms with Crippen LogP contribution in [0.15, 0.2) is 0 Å². The molecule has 1 rings (SSSR count). The Hall–Kier alpha value is -0.120. The zero-order valence-electron chi connectivity index (χ0n) is 12.8. The second-order valence-corrected chi connectivity index (χ2v) is 6.95. The first-order valence-corrected chi connectivity index (χ1v) is 7.31. The van der Waals surface area contributed by atoms with Crippen LogP contribution in [0.25, 0.3) is 0 Å². The van der Waals surface area contributed by atoms with Gasteiger partial charge >= 0.3 is 0 Å². The number of nitrogens with one attached hydrogen (secondary N) is 1. The molecule has 1 fully saturated rings. The summed E-state index contributed by atoms with van der Waals surface area (Å²) in [6, 6.07) is 0.418. The summed E-state index contributed by atoms with van der Waals surface area (Å²) in [5.41, 5.74) is -0.138. The lowest BCUT2D eigenvalue weighted by Gasteiger charge is -2.37. The predicted molar refractivity (Wildman–Crippen MR) is 75.8 cm³/mol. The maximum Gasteiger partial charge on any atom is 0.0616 e. The van der Waals surface area contributed by atoms with E-state index in [4.69, 9.17) is 4.74 Å². The Morgan fingerprint density at radius 2 is 2.06 bits per heavy atom. The highest BCUT2D eigenvalue weighted by Crippen LogP contribution is 2.38. The lowest BCUT2D eigenvalue weighted by Crippen LogP contribution is -2.54. The summed E-state index contributed by atoms with van der Waals surface area (Å²) in [7, 11) is 0. The third-order valence-electron chi connectivity index (χ3n) is 3.82. The van der Waals surface area contributed by atoms with Crippen LogP contribution < -0.4 is 5.32 Å². The fraction of sp³-hybridized carbons (Fsp3) is 1.00. The standard InChI is InChI=1S/C15H31NO2/c1-12(2)16-15(11-17)9-6-7-13(15)8-10-18-14(3,4)5/h12-13,16-17H,6-11H2,1-5H3. The molecule has 1 aliphatic carbocycles. The monoisotopic (exact) mass is 257 g/mol. The highest BCUT2D eigenvalue weighted by molar-refractivity contribution is 4.99. The van der Waals surface area contributed by atoms with Gasteiger partial charge in [-0.2, -0.15) is 0 Å². The Kier molecular flexibility index (Phi) is 5.63. The molecule has 2 unspecified atom stereocenters. The van der Waals surface area contributed by atoms with Crippen LogP contribution in [0.4, 0.5) is 0 Å². The molecule has 0 heterocycles. The summed E-state index contributed by atoms with van der Waals surface area (Å²) in [6.07, 6.45) is 4.54. The van der Waals surface area contributed by atoms with Crippen LogP contribution in [-0.4, -0.2) is 35.5 Å². The number of ether oxygens (including phenoxy) is 1. The SMILES string of the molecule is CC(C)NC1(CO)CCCC1CCOC(C)(C)C. The molecule has 0 aromatic heterocycles. The maximum absolute atomic E-state index is 9.79. The molecule has 2 atom stereocenters. The van der Waals surface area contributed by atoms with Gasteiger partial charge in [0.15, 0.2) is 0 Å². The molecule has 0 aromatic carbocycles. The summed E-state index contributed by atoms with van der Waals surface area (Å²) in [6.45, 7) is 11.6. The van der Waals surface area contributed by atoms with Gasteiger partial charge in [0.05, 0.1) is 12.2 Å². The predicted octanol–water partition coefficient (Wildman–Crippen LogP) is 2.72. The normalized spacial score (nSPS) is 29.2. The summed E-state index contributed by atoms with van der Waals surface area (Å²) < 4.78 is 5.82. The van der Waals surface area contributed by atoms with E-state index in [2.05, 4.69) is 39.9 Å². The molecule has 0 aliphatic heterocycles. The lowest BCUT2D eigenvalue weighted by atomic mass is 9.85. The average Bonchev–Trinajstić information content (AvgIpc) is 2.59. The number of hydrogen-bond donors (Lipinski definition) is 2. The minimum Gasteiger partial charge on any atom is -0.394 e. The zero-order valence-corrected chi connectivity index (χ0v) is 12.8. The molecular weight excluding hydrogens is 226 g/mol. The van der Waals surface area contributed by atoms with Crippen molar-refractivity contribution in [2.75, 3.05) is 13.2 Å². The quantitative estimate of drug-likeness (QED) is 0.769. The van der Waals surface area contributed by atoms with E-state index in [-0.39, 0.29) is 17.7 Å². The third-order valence-corrected chi connectivity index (χ3v) is 3.82. The van der Waals surface area contributed by atoms with Gasteiger partial charge in [-0.25, -0.2) is 0 Å². The van der Waals surface area contributed by atoms with Crippen molar-refractivity contribution in [2.45, 2.75) is 77.5 Å². The van der Waals surface area contributed by atoms with Gasteiger partial charge in [-0.15, -0.1) is 0 Å². The van der Waals surface area contributed by atoms with E-state index >= 15 is 0 Å². The Labute approximate surface area is 112 Å². The van der Waals surface area contributed by atoms with Crippen molar-refractivity contribution in [2.24, 2.45) is 5.92 Å². The Morgan fingerprint density at radius 1 is 1.39 bits per heavy atom. The number of hydrogen-bond acceptors (Lipinski definition) is 3. The molecular formula is C15H31NO2. The molecule has 18 heavy (non-hydrogen) atoms. The van der Waals surface area contributed by atoms with Crippen LogP contribution >= 0.6 is 0 Å². The van der Waals surface area contributed by atoms with Gasteiger partial charge in [0.2, 0.25) is 0 Å². The topological polar surface area (TPSA) is 41.5 Å². The van der Waals surface area contributed by atoms with Crippen LogP contribution in [0.2, 0.25) is 0 Å². The van der Waals surface area contributed by atoms with E-state index in [1.807, 2.05) is 0 Å². The van der Waals surface area contributed by atoms with Gasteiger partial charge in [-0.1, -0.05) is 20.3 Å². The molecule has 3 nitrogen and oxygen atoms in total. The van der Waals surface area contributed by atoms with Crippen molar-refractivity contribution in [3.05, 3.63) is 0 Å². The maximum atomic E-state index is 9.79. The summed E-state index contributed by atoms with van der Waals surface area (Å²) >= 11 is 0. The van der Waals surface area contributed by atoms with E-state index < -0.39 is 0 Å². The van der Waals surface area contributed by atoms with Gasteiger partial charge < -0.3 is 15.2 Å². The Morgan fingerprint density at radius 3 is 2.56 bits per heavy atom. The van der Waals surface area contributed by atoms with Crippen molar-refractivity contribution in [3.8, 4) is 0 Å². The largest absolute Gasteiger partial charge is 0.394 e. The molecule has 0 spiro atoms. The third kappa shape index (κ3) is 4.52. The van der Waals surface area contributed by atoms with Crippen molar-refractivity contribution in [3.63, 3.8) is 0 Å². The lowest BCUT2D eigenvalue weighted by molar-refractivity contribution is -0.0165. The van der Waals surface area contributed by atoms with Gasteiger partial charge in [0.25, 0.3) is 0 Å². The number of rotatable bonds is 6.